The van der Waals surface area contributed by atoms with Crippen LogP contribution in [-0.4, -0.2) is 4.98 Å². The van der Waals surface area contributed by atoms with Crippen molar-refractivity contribution in [2.75, 3.05) is 0 Å². The van der Waals surface area contributed by atoms with E-state index < -0.39 is 0 Å². The Morgan fingerprint density at radius 2 is 2.00 bits per heavy atom. The maximum absolute atomic E-state index is 6.19. The summed E-state index contributed by atoms with van der Waals surface area (Å²) < 4.78 is 0.821. The van der Waals surface area contributed by atoms with Crippen molar-refractivity contribution in [3.8, 4) is 0 Å². The number of halogens is 2. The van der Waals surface area contributed by atoms with E-state index >= 15 is 0 Å². The molecular weight excluding hydrogens is 261 g/mol. The van der Waals surface area contributed by atoms with Gasteiger partial charge in [0.1, 0.15) is 4.60 Å². The number of aromatic nitrogens is 1. The molecule has 1 heterocycles. The maximum Gasteiger partial charge on any atom is 0.107 e. The van der Waals surface area contributed by atoms with Crippen molar-refractivity contribution in [1.82, 2.24) is 4.98 Å². The van der Waals surface area contributed by atoms with Crippen LogP contribution in [0.4, 0.5) is 0 Å². The lowest BCUT2D eigenvalue weighted by Crippen LogP contribution is -2.05. The fourth-order valence-corrected chi connectivity index (χ4v) is 2.90. The molecule has 3 heteroatoms. The Morgan fingerprint density at radius 3 is 2.64 bits per heavy atom. The Kier molecular flexibility index (Phi) is 3.45. The molecular formula is C11H13BrClN. The third kappa shape index (κ3) is 2.29. The molecule has 0 bridgehead atoms. The summed E-state index contributed by atoms with van der Waals surface area (Å²) in [6, 6.07) is 1.89. The van der Waals surface area contributed by atoms with Crippen molar-refractivity contribution in [1.29, 1.82) is 0 Å². The van der Waals surface area contributed by atoms with Gasteiger partial charge in [-0.2, -0.15) is 0 Å². The van der Waals surface area contributed by atoms with Gasteiger partial charge in [0.15, 0.2) is 0 Å². The van der Waals surface area contributed by atoms with Gasteiger partial charge < -0.3 is 0 Å². The van der Waals surface area contributed by atoms with E-state index in [1.54, 1.807) is 0 Å². The SMILES string of the molecule is Clc1cc(Br)ncc1C1CCCCC1. The van der Waals surface area contributed by atoms with E-state index in [1.165, 1.54) is 37.7 Å². The molecule has 0 spiro atoms. The van der Waals surface area contributed by atoms with Gasteiger partial charge in [0.25, 0.3) is 0 Å². The van der Waals surface area contributed by atoms with Crippen LogP contribution in [-0.2, 0) is 0 Å². The van der Waals surface area contributed by atoms with Crippen molar-refractivity contribution in [2.24, 2.45) is 0 Å². The molecule has 1 aliphatic rings. The topological polar surface area (TPSA) is 12.9 Å². The molecule has 0 saturated heterocycles. The van der Waals surface area contributed by atoms with Crippen LogP contribution in [0.1, 0.15) is 43.6 Å². The third-order valence-corrected chi connectivity index (χ3v) is 3.65. The van der Waals surface area contributed by atoms with Gasteiger partial charge in [0, 0.05) is 11.2 Å². The first-order chi connectivity index (χ1) is 6.77. The van der Waals surface area contributed by atoms with Gasteiger partial charge in [-0.3, -0.25) is 0 Å². The largest absolute Gasteiger partial charge is 0.249 e. The Hall–Kier alpha value is -0.0800. The molecule has 1 fully saturated rings. The minimum Gasteiger partial charge on any atom is -0.249 e. The second kappa shape index (κ2) is 4.63. The minimum absolute atomic E-state index is 0.636. The summed E-state index contributed by atoms with van der Waals surface area (Å²) in [5.41, 5.74) is 1.23. The van der Waals surface area contributed by atoms with Crippen molar-refractivity contribution in [3.63, 3.8) is 0 Å². The maximum atomic E-state index is 6.19. The predicted octanol–water partition coefficient (Wildman–Crippen LogP) is 4.55. The molecule has 14 heavy (non-hydrogen) atoms. The lowest BCUT2D eigenvalue weighted by atomic mass is 9.85. The summed E-state index contributed by atoms with van der Waals surface area (Å²) in [6.07, 6.45) is 8.49. The molecule has 0 unspecified atom stereocenters. The molecule has 0 amide bonds. The number of hydrogen-bond donors (Lipinski definition) is 0. The zero-order valence-corrected chi connectivity index (χ0v) is 10.3. The van der Waals surface area contributed by atoms with Gasteiger partial charge in [-0.15, -0.1) is 0 Å². The fraction of sp³-hybridized carbons (Fsp3) is 0.545. The van der Waals surface area contributed by atoms with E-state index in [0.717, 1.165) is 9.63 Å². The number of pyridine rings is 1. The summed E-state index contributed by atoms with van der Waals surface area (Å²) in [5.74, 6) is 0.636. The van der Waals surface area contributed by atoms with Crippen molar-refractivity contribution in [2.45, 2.75) is 38.0 Å². The fourth-order valence-electron chi connectivity index (χ4n) is 2.13. The van der Waals surface area contributed by atoms with Crippen LogP contribution >= 0.6 is 27.5 Å². The van der Waals surface area contributed by atoms with Gasteiger partial charge in [0.2, 0.25) is 0 Å². The van der Waals surface area contributed by atoms with Crippen LogP contribution in [0.15, 0.2) is 16.9 Å². The second-order valence-electron chi connectivity index (χ2n) is 3.86. The molecule has 1 saturated carbocycles. The first kappa shape index (κ1) is 10.4. The highest BCUT2D eigenvalue weighted by Gasteiger charge is 2.18. The van der Waals surface area contributed by atoms with Crippen LogP contribution in [0.2, 0.25) is 5.02 Å². The van der Waals surface area contributed by atoms with E-state index in [9.17, 15) is 0 Å². The number of hydrogen-bond acceptors (Lipinski definition) is 1. The molecule has 76 valence electrons. The standard InChI is InChI=1S/C11H13BrClN/c12-11-6-10(13)9(7-14-11)8-4-2-1-3-5-8/h6-8H,1-5H2. The Labute approximate surface area is 98.0 Å². The van der Waals surface area contributed by atoms with E-state index in [2.05, 4.69) is 20.9 Å². The van der Waals surface area contributed by atoms with E-state index in [1.807, 2.05) is 12.3 Å². The number of nitrogens with zero attached hydrogens (tertiary/aromatic N) is 1. The average Bonchev–Trinajstić information content (AvgIpc) is 2.19. The Balaban J connectivity index is 2.22. The lowest BCUT2D eigenvalue weighted by molar-refractivity contribution is 0.443. The second-order valence-corrected chi connectivity index (χ2v) is 5.08. The number of rotatable bonds is 1. The molecule has 0 aliphatic heterocycles. The van der Waals surface area contributed by atoms with Crippen molar-refractivity contribution in [3.05, 3.63) is 27.5 Å². The van der Waals surface area contributed by atoms with Gasteiger partial charge in [0.05, 0.1) is 0 Å². The smallest absolute Gasteiger partial charge is 0.107 e. The Morgan fingerprint density at radius 1 is 1.29 bits per heavy atom. The predicted molar refractivity (Wildman–Crippen MR) is 62.8 cm³/mol. The summed E-state index contributed by atoms with van der Waals surface area (Å²) in [7, 11) is 0. The lowest BCUT2D eigenvalue weighted by Gasteiger charge is -2.22. The molecule has 1 aromatic heterocycles. The van der Waals surface area contributed by atoms with E-state index in [4.69, 9.17) is 11.6 Å². The summed E-state index contributed by atoms with van der Waals surface area (Å²) >= 11 is 9.52. The van der Waals surface area contributed by atoms with Crippen molar-refractivity contribution >= 4 is 27.5 Å². The molecule has 0 N–H and O–H groups in total. The first-order valence-electron chi connectivity index (χ1n) is 5.08. The Bertz CT molecular complexity index is 321. The highest BCUT2D eigenvalue weighted by Crippen LogP contribution is 2.36. The van der Waals surface area contributed by atoms with Gasteiger partial charge in [-0.25, -0.2) is 4.98 Å². The molecule has 0 atom stereocenters. The summed E-state index contributed by atoms with van der Waals surface area (Å²) in [4.78, 5) is 4.25. The normalized spacial score (nSPS) is 18.4. The zero-order chi connectivity index (χ0) is 9.97. The molecule has 0 radical (unpaired) electrons. The summed E-state index contributed by atoms with van der Waals surface area (Å²) in [6.45, 7) is 0. The first-order valence-corrected chi connectivity index (χ1v) is 6.25. The van der Waals surface area contributed by atoms with Gasteiger partial charge in [-0.1, -0.05) is 30.9 Å². The van der Waals surface area contributed by atoms with E-state index in [-0.39, 0.29) is 0 Å². The molecule has 1 aliphatic carbocycles. The van der Waals surface area contributed by atoms with Gasteiger partial charge >= 0.3 is 0 Å². The van der Waals surface area contributed by atoms with Crippen molar-refractivity contribution < 1.29 is 0 Å². The highest BCUT2D eigenvalue weighted by molar-refractivity contribution is 9.10. The average molecular weight is 275 g/mol. The van der Waals surface area contributed by atoms with Crippen LogP contribution in [0.25, 0.3) is 0 Å². The van der Waals surface area contributed by atoms with Crippen LogP contribution in [0.3, 0.4) is 0 Å². The monoisotopic (exact) mass is 273 g/mol. The van der Waals surface area contributed by atoms with E-state index in [0.29, 0.717) is 5.92 Å². The molecule has 1 nitrogen and oxygen atoms in total. The molecule has 2 rings (SSSR count). The van der Waals surface area contributed by atoms with Gasteiger partial charge in [-0.05, 0) is 46.3 Å². The summed E-state index contributed by atoms with van der Waals surface area (Å²) in [5, 5.41) is 0.860. The molecule has 0 aromatic carbocycles. The minimum atomic E-state index is 0.636. The van der Waals surface area contributed by atoms with Crippen LogP contribution in [0, 0.1) is 0 Å². The van der Waals surface area contributed by atoms with Crippen LogP contribution < -0.4 is 0 Å². The zero-order valence-electron chi connectivity index (χ0n) is 7.97. The van der Waals surface area contributed by atoms with Crippen LogP contribution in [0.5, 0.6) is 0 Å². The highest BCUT2D eigenvalue weighted by atomic mass is 79.9. The third-order valence-electron chi connectivity index (χ3n) is 2.89. The quantitative estimate of drug-likeness (QED) is 0.685. The molecule has 1 aromatic rings.